The summed E-state index contributed by atoms with van der Waals surface area (Å²) in [4.78, 5) is 46.2. The Hall–Kier alpha value is -3.57. The lowest BCUT2D eigenvalue weighted by atomic mass is 10.3. The van der Waals surface area contributed by atoms with Crippen molar-refractivity contribution in [1.82, 2.24) is 15.2 Å². The van der Waals surface area contributed by atoms with Crippen LogP contribution in [0.15, 0.2) is 45.9 Å². The van der Waals surface area contributed by atoms with Gasteiger partial charge in [0.1, 0.15) is 12.3 Å². The van der Waals surface area contributed by atoms with Gasteiger partial charge in [0, 0.05) is 12.3 Å². The van der Waals surface area contributed by atoms with Crippen molar-refractivity contribution in [2.75, 3.05) is 6.61 Å². The molecule has 0 spiro atoms. The van der Waals surface area contributed by atoms with Gasteiger partial charge < -0.3 is 19.0 Å². The molecule has 12 heteroatoms. The maximum absolute atomic E-state index is 12.6. The molecule has 9 nitrogen and oxygen atoms in total. The fourth-order valence-electron chi connectivity index (χ4n) is 1.94. The van der Waals surface area contributed by atoms with E-state index in [2.05, 4.69) is 10.1 Å². The van der Waals surface area contributed by atoms with Crippen LogP contribution in [0.25, 0.3) is 0 Å². The zero-order valence-electron chi connectivity index (χ0n) is 14.1. The molecular formula is C16H14F3N3O6. The van der Waals surface area contributed by atoms with Crippen LogP contribution in [-0.2, 0) is 33.6 Å². The minimum absolute atomic E-state index is 0.0182. The van der Waals surface area contributed by atoms with Crippen LogP contribution in [0.2, 0.25) is 0 Å². The summed E-state index contributed by atoms with van der Waals surface area (Å²) in [7, 11) is 0. The minimum Gasteiger partial charge on any atom is -0.467 e. The van der Waals surface area contributed by atoms with Gasteiger partial charge in [-0.2, -0.15) is 13.2 Å². The van der Waals surface area contributed by atoms with Crippen LogP contribution in [0, 0.1) is 0 Å². The highest BCUT2D eigenvalue weighted by Crippen LogP contribution is 2.27. The molecule has 0 saturated heterocycles. The van der Waals surface area contributed by atoms with E-state index in [1.54, 1.807) is 12.1 Å². The number of urea groups is 1. The number of nitrogens with one attached hydrogen (secondary N) is 2. The van der Waals surface area contributed by atoms with E-state index in [9.17, 15) is 32.3 Å². The number of halogens is 3. The van der Waals surface area contributed by atoms with Crippen molar-refractivity contribution in [3.63, 3.8) is 0 Å². The average Bonchev–Trinajstić information content (AvgIpc) is 3.13. The van der Waals surface area contributed by atoms with Crippen molar-refractivity contribution in [1.29, 1.82) is 0 Å². The van der Waals surface area contributed by atoms with Crippen molar-refractivity contribution in [3.8, 4) is 0 Å². The molecule has 0 aliphatic heterocycles. The number of alkyl halides is 3. The summed E-state index contributed by atoms with van der Waals surface area (Å²) in [5, 5.41) is 4.19. The molecule has 0 aromatic carbocycles. The molecular weight excluding hydrogens is 387 g/mol. The molecule has 0 radical (unpaired) electrons. The molecule has 2 heterocycles. The van der Waals surface area contributed by atoms with Gasteiger partial charge in [-0.05, 0) is 18.2 Å². The van der Waals surface area contributed by atoms with Gasteiger partial charge in [0.15, 0.2) is 6.61 Å². The molecule has 150 valence electrons. The van der Waals surface area contributed by atoms with E-state index in [-0.39, 0.29) is 6.54 Å². The van der Waals surface area contributed by atoms with Crippen LogP contribution in [-0.4, -0.2) is 29.1 Å². The molecule has 0 aliphatic rings. The van der Waals surface area contributed by atoms with E-state index >= 15 is 0 Å². The number of furan rings is 1. The third kappa shape index (κ3) is 6.30. The van der Waals surface area contributed by atoms with Crippen molar-refractivity contribution in [3.05, 3.63) is 58.4 Å². The zero-order valence-corrected chi connectivity index (χ0v) is 14.1. The van der Waals surface area contributed by atoms with E-state index in [1.165, 1.54) is 6.26 Å². The first-order valence-corrected chi connectivity index (χ1v) is 7.68. The summed E-state index contributed by atoms with van der Waals surface area (Å²) in [6, 6.07) is 3.58. The van der Waals surface area contributed by atoms with Crippen LogP contribution in [0.4, 0.5) is 18.0 Å². The fourth-order valence-corrected chi connectivity index (χ4v) is 1.94. The van der Waals surface area contributed by atoms with Gasteiger partial charge in [0.2, 0.25) is 0 Å². The van der Waals surface area contributed by atoms with E-state index in [0.717, 1.165) is 0 Å². The van der Waals surface area contributed by atoms with Gasteiger partial charge in [-0.15, -0.1) is 0 Å². The highest BCUT2D eigenvalue weighted by molar-refractivity contribution is 5.95. The second-order valence-electron chi connectivity index (χ2n) is 5.35. The number of ether oxygens (including phenoxy) is 1. The molecule has 0 aliphatic carbocycles. The number of esters is 1. The topological polar surface area (TPSA) is 120 Å². The van der Waals surface area contributed by atoms with Gasteiger partial charge in [0.25, 0.3) is 11.5 Å². The Labute approximate surface area is 155 Å². The number of aromatic nitrogens is 1. The summed E-state index contributed by atoms with van der Waals surface area (Å²) in [6.07, 6.45) is -2.83. The van der Waals surface area contributed by atoms with E-state index in [0.29, 0.717) is 28.7 Å². The molecule has 0 unspecified atom stereocenters. The Morgan fingerprint density at radius 3 is 2.57 bits per heavy atom. The lowest BCUT2D eigenvalue weighted by Crippen LogP contribution is -2.41. The maximum Gasteiger partial charge on any atom is 0.417 e. The lowest BCUT2D eigenvalue weighted by molar-refractivity contribution is -0.149. The predicted molar refractivity (Wildman–Crippen MR) is 85.7 cm³/mol. The highest BCUT2D eigenvalue weighted by atomic mass is 19.4. The van der Waals surface area contributed by atoms with Gasteiger partial charge in [-0.1, -0.05) is 0 Å². The maximum atomic E-state index is 12.6. The molecule has 2 aromatic rings. The van der Waals surface area contributed by atoms with Crippen LogP contribution < -0.4 is 16.2 Å². The fraction of sp³-hybridized carbons (Fsp3) is 0.250. The van der Waals surface area contributed by atoms with E-state index < -0.39 is 48.4 Å². The van der Waals surface area contributed by atoms with Gasteiger partial charge in [-0.3, -0.25) is 19.7 Å². The van der Waals surface area contributed by atoms with E-state index in [4.69, 9.17) is 4.42 Å². The van der Waals surface area contributed by atoms with Gasteiger partial charge in [-0.25, -0.2) is 4.79 Å². The third-order valence-electron chi connectivity index (χ3n) is 3.23. The number of nitrogens with zero attached hydrogens (tertiary/aromatic N) is 1. The smallest absolute Gasteiger partial charge is 0.417 e. The summed E-state index contributed by atoms with van der Waals surface area (Å²) >= 11 is 0. The number of carbonyl (C=O) groups excluding carboxylic acids is 3. The van der Waals surface area contributed by atoms with Crippen molar-refractivity contribution >= 4 is 17.9 Å². The summed E-state index contributed by atoms with van der Waals surface area (Å²) < 4.78 is 47.9. The summed E-state index contributed by atoms with van der Waals surface area (Å²) in [6.45, 7) is -1.67. The molecule has 0 atom stereocenters. The SMILES string of the molecule is O=C(COC(=O)Cn1cc(C(F)(F)F)ccc1=O)NC(=O)NCc1ccco1. The Morgan fingerprint density at radius 1 is 1.18 bits per heavy atom. The molecule has 2 N–H and O–H groups in total. The van der Waals surface area contributed by atoms with Gasteiger partial charge >= 0.3 is 18.2 Å². The molecule has 28 heavy (non-hydrogen) atoms. The van der Waals surface area contributed by atoms with Crippen LogP contribution >= 0.6 is 0 Å². The summed E-state index contributed by atoms with van der Waals surface area (Å²) in [5.74, 6) is -1.66. The Morgan fingerprint density at radius 2 is 1.93 bits per heavy atom. The van der Waals surface area contributed by atoms with Crippen molar-refractivity contribution in [2.45, 2.75) is 19.3 Å². The monoisotopic (exact) mass is 401 g/mol. The van der Waals surface area contributed by atoms with Crippen molar-refractivity contribution in [2.24, 2.45) is 0 Å². The molecule has 2 aromatic heterocycles. The van der Waals surface area contributed by atoms with Crippen LogP contribution in [0.1, 0.15) is 11.3 Å². The number of hydrogen-bond donors (Lipinski definition) is 2. The normalized spacial score (nSPS) is 11.0. The van der Waals surface area contributed by atoms with E-state index in [1.807, 2.05) is 5.32 Å². The second kappa shape index (κ2) is 8.88. The lowest BCUT2D eigenvalue weighted by Gasteiger charge is -2.10. The molecule has 2 rings (SSSR count). The van der Waals surface area contributed by atoms with Crippen molar-refractivity contribution < 1.29 is 36.7 Å². The minimum atomic E-state index is -4.69. The van der Waals surface area contributed by atoms with Crippen LogP contribution in [0.3, 0.4) is 0 Å². The highest BCUT2D eigenvalue weighted by Gasteiger charge is 2.31. The number of imide groups is 1. The van der Waals surface area contributed by atoms with Gasteiger partial charge in [0.05, 0.1) is 18.4 Å². The zero-order chi connectivity index (χ0) is 20.7. The molecule has 0 fully saturated rings. The number of pyridine rings is 1. The number of hydrogen-bond acceptors (Lipinski definition) is 6. The summed E-state index contributed by atoms with van der Waals surface area (Å²) in [5.41, 5.74) is -1.97. The predicted octanol–water partition coefficient (Wildman–Crippen LogP) is 1.03. The Kier molecular flexibility index (Phi) is 6.58. The molecule has 0 bridgehead atoms. The quantitative estimate of drug-likeness (QED) is 0.698. The second-order valence-corrected chi connectivity index (χ2v) is 5.35. The Bertz CT molecular complexity index is 905. The number of amides is 3. The average molecular weight is 401 g/mol. The number of rotatable bonds is 6. The first-order valence-electron chi connectivity index (χ1n) is 7.68. The third-order valence-corrected chi connectivity index (χ3v) is 3.23. The largest absolute Gasteiger partial charge is 0.467 e. The first kappa shape index (κ1) is 20.7. The Balaban J connectivity index is 1.79. The molecule has 3 amide bonds. The standard InChI is InChI=1S/C16H14F3N3O6/c17-16(18,19)10-3-4-13(24)22(7-10)8-14(25)28-9-12(23)21-15(26)20-6-11-2-1-5-27-11/h1-5,7H,6,8-9H2,(H2,20,21,23,26). The first-order chi connectivity index (χ1) is 13.1. The van der Waals surface area contributed by atoms with Crippen LogP contribution in [0.5, 0.6) is 0 Å². The molecule has 0 saturated carbocycles. The number of carbonyl (C=O) groups is 3.